The molecule has 0 unspecified atom stereocenters. The van der Waals surface area contributed by atoms with Gasteiger partial charge in [0.2, 0.25) is 5.43 Å². The molecule has 0 amide bonds. The highest BCUT2D eigenvalue weighted by Gasteiger charge is 2.17. The number of halogens is 3. The van der Waals surface area contributed by atoms with Gasteiger partial charge in [-0.15, -0.1) is 0 Å². The molecule has 0 aliphatic carbocycles. The summed E-state index contributed by atoms with van der Waals surface area (Å²) in [5, 5.41) is 9.52. The summed E-state index contributed by atoms with van der Waals surface area (Å²) in [6, 6.07) is 8.34. The Morgan fingerprint density at radius 3 is 2.38 bits per heavy atom. The first-order valence-corrected chi connectivity index (χ1v) is 7.24. The molecule has 7 heteroatoms. The van der Waals surface area contributed by atoms with E-state index in [-0.39, 0.29) is 17.4 Å². The fourth-order valence-electron chi connectivity index (χ4n) is 2.45. The fourth-order valence-corrected chi connectivity index (χ4v) is 2.58. The SMILES string of the molecule is O=C(O)c1cn(Cc2ccc(Cl)cc2)c2cc(F)c(F)cc2c1=O. The molecule has 4 nitrogen and oxygen atoms in total. The molecular formula is C17H10ClF2NO3. The molecule has 122 valence electrons. The van der Waals surface area contributed by atoms with Gasteiger partial charge in [0.25, 0.3) is 0 Å². The third-order valence-electron chi connectivity index (χ3n) is 3.62. The minimum Gasteiger partial charge on any atom is -0.477 e. The minimum atomic E-state index is -1.43. The van der Waals surface area contributed by atoms with Crippen LogP contribution in [0, 0.1) is 11.6 Å². The molecule has 0 spiro atoms. The van der Waals surface area contributed by atoms with Crippen LogP contribution in [0.15, 0.2) is 47.4 Å². The second-order valence-corrected chi connectivity index (χ2v) is 5.65. The largest absolute Gasteiger partial charge is 0.477 e. The van der Waals surface area contributed by atoms with Crippen LogP contribution in [0.4, 0.5) is 8.78 Å². The quantitative estimate of drug-likeness (QED) is 0.784. The predicted octanol–water partition coefficient (Wildman–Crippen LogP) is 3.68. The van der Waals surface area contributed by atoms with E-state index in [4.69, 9.17) is 11.6 Å². The van der Waals surface area contributed by atoms with E-state index in [1.54, 1.807) is 24.3 Å². The number of carbonyl (C=O) groups is 1. The van der Waals surface area contributed by atoms with Crippen LogP contribution in [-0.4, -0.2) is 15.6 Å². The van der Waals surface area contributed by atoms with Crippen LogP contribution in [0.25, 0.3) is 10.9 Å². The predicted molar refractivity (Wildman–Crippen MR) is 85.6 cm³/mol. The Morgan fingerprint density at radius 2 is 1.75 bits per heavy atom. The summed E-state index contributed by atoms with van der Waals surface area (Å²) in [7, 11) is 0. The van der Waals surface area contributed by atoms with Crippen molar-refractivity contribution in [1.82, 2.24) is 4.57 Å². The second kappa shape index (κ2) is 6.05. The van der Waals surface area contributed by atoms with Gasteiger partial charge in [0, 0.05) is 29.2 Å². The number of carboxylic acid groups (broad SMARTS) is 1. The van der Waals surface area contributed by atoms with E-state index >= 15 is 0 Å². The molecule has 0 fully saturated rings. The Hall–Kier alpha value is -2.73. The van der Waals surface area contributed by atoms with E-state index in [0.29, 0.717) is 5.02 Å². The lowest BCUT2D eigenvalue weighted by Gasteiger charge is -2.13. The molecule has 0 aliphatic rings. The van der Waals surface area contributed by atoms with Crippen molar-refractivity contribution >= 4 is 28.5 Å². The maximum absolute atomic E-state index is 13.6. The minimum absolute atomic E-state index is 0.110. The lowest BCUT2D eigenvalue weighted by molar-refractivity contribution is 0.0695. The molecule has 0 aliphatic heterocycles. The van der Waals surface area contributed by atoms with Gasteiger partial charge in [-0.25, -0.2) is 13.6 Å². The summed E-state index contributed by atoms with van der Waals surface area (Å²) in [5.41, 5.74) is -0.504. The molecular weight excluding hydrogens is 340 g/mol. The number of hydrogen-bond acceptors (Lipinski definition) is 2. The number of nitrogens with zero attached hydrogens (tertiary/aromatic N) is 1. The number of hydrogen-bond donors (Lipinski definition) is 1. The Kier molecular flexibility index (Phi) is 4.07. The fraction of sp³-hybridized carbons (Fsp3) is 0.0588. The van der Waals surface area contributed by atoms with E-state index < -0.39 is 28.6 Å². The van der Waals surface area contributed by atoms with Gasteiger partial charge in [-0.3, -0.25) is 4.79 Å². The van der Waals surface area contributed by atoms with Gasteiger partial charge in [-0.2, -0.15) is 0 Å². The third kappa shape index (κ3) is 2.88. The Labute approximate surface area is 139 Å². The first-order valence-electron chi connectivity index (χ1n) is 6.87. The molecule has 3 rings (SSSR count). The van der Waals surface area contributed by atoms with Crippen molar-refractivity contribution in [2.45, 2.75) is 6.54 Å². The molecule has 3 aromatic rings. The molecule has 0 saturated carbocycles. The lowest BCUT2D eigenvalue weighted by Crippen LogP contribution is -2.19. The molecule has 2 aromatic carbocycles. The molecule has 0 radical (unpaired) electrons. The number of aromatic nitrogens is 1. The molecule has 24 heavy (non-hydrogen) atoms. The highest BCUT2D eigenvalue weighted by atomic mass is 35.5. The summed E-state index contributed by atoms with van der Waals surface area (Å²) >= 11 is 5.82. The van der Waals surface area contributed by atoms with Crippen LogP contribution >= 0.6 is 11.6 Å². The number of fused-ring (bicyclic) bond motifs is 1. The summed E-state index contributed by atoms with van der Waals surface area (Å²) in [6.45, 7) is 0.166. The van der Waals surface area contributed by atoms with Crippen molar-refractivity contribution in [3.8, 4) is 0 Å². The number of rotatable bonds is 3. The number of benzene rings is 2. The zero-order valence-corrected chi connectivity index (χ0v) is 12.8. The van der Waals surface area contributed by atoms with E-state index in [9.17, 15) is 23.5 Å². The van der Waals surface area contributed by atoms with Gasteiger partial charge in [0.15, 0.2) is 11.6 Å². The first-order chi connectivity index (χ1) is 11.4. The number of pyridine rings is 1. The van der Waals surface area contributed by atoms with E-state index in [1.165, 1.54) is 4.57 Å². The van der Waals surface area contributed by atoms with Crippen molar-refractivity contribution in [2.24, 2.45) is 0 Å². The molecule has 1 heterocycles. The standard InChI is InChI=1S/C17H10ClF2NO3/c18-10-3-1-9(2-4-10)7-21-8-12(17(23)24)16(22)11-5-13(19)14(20)6-15(11)21/h1-6,8H,7H2,(H,23,24). The third-order valence-corrected chi connectivity index (χ3v) is 3.87. The van der Waals surface area contributed by atoms with Gasteiger partial charge < -0.3 is 9.67 Å². The average Bonchev–Trinajstić information content (AvgIpc) is 2.53. The molecule has 1 N–H and O–H groups in total. The van der Waals surface area contributed by atoms with E-state index in [0.717, 1.165) is 23.9 Å². The van der Waals surface area contributed by atoms with E-state index in [2.05, 4.69) is 0 Å². The smallest absolute Gasteiger partial charge is 0.341 e. The monoisotopic (exact) mass is 349 g/mol. The average molecular weight is 350 g/mol. The van der Waals surface area contributed by atoms with Gasteiger partial charge in [-0.05, 0) is 23.8 Å². The normalized spacial score (nSPS) is 11.0. The van der Waals surface area contributed by atoms with Gasteiger partial charge in [-0.1, -0.05) is 23.7 Å². The van der Waals surface area contributed by atoms with Crippen molar-refractivity contribution in [3.63, 3.8) is 0 Å². The van der Waals surface area contributed by atoms with Gasteiger partial charge >= 0.3 is 5.97 Å². The Morgan fingerprint density at radius 1 is 1.12 bits per heavy atom. The highest BCUT2D eigenvalue weighted by Crippen LogP contribution is 2.19. The van der Waals surface area contributed by atoms with Gasteiger partial charge in [0.05, 0.1) is 5.52 Å². The summed E-state index contributed by atoms with van der Waals surface area (Å²) < 4.78 is 28.5. The number of aromatic carboxylic acids is 1. The summed E-state index contributed by atoms with van der Waals surface area (Å²) in [5.74, 6) is -3.76. The second-order valence-electron chi connectivity index (χ2n) is 5.21. The van der Waals surface area contributed by atoms with Crippen molar-refractivity contribution in [2.75, 3.05) is 0 Å². The van der Waals surface area contributed by atoms with Crippen molar-refractivity contribution < 1.29 is 18.7 Å². The maximum Gasteiger partial charge on any atom is 0.341 e. The van der Waals surface area contributed by atoms with Crippen LogP contribution in [-0.2, 0) is 6.54 Å². The maximum atomic E-state index is 13.6. The van der Waals surface area contributed by atoms with Crippen molar-refractivity contribution in [1.29, 1.82) is 0 Å². The van der Waals surface area contributed by atoms with E-state index in [1.807, 2.05) is 0 Å². The molecule has 0 atom stereocenters. The van der Waals surface area contributed by atoms with Crippen molar-refractivity contribution in [3.05, 3.63) is 80.6 Å². The Bertz CT molecular complexity index is 1010. The van der Waals surface area contributed by atoms with Crippen LogP contribution < -0.4 is 5.43 Å². The van der Waals surface area contributed by atoms with Crippen LogP contribution in [0.2, 0.25) is 5.02 Å². The molecule has 1 aromatic heterocycles. The van der Waals surface area contributed by atoms with Crippen LogP contribution in [0.3, 0.4) is 0 Å². The summed E-state index contributed by atoms with van der Waals surface area (Å²) in [6.07, 6.45) is 1.12. The summed E-state index contributed by atoms with van der Waals surface area (Å²) in [4.78, 5) is 23.5. The molecule has 0 saturated heterocycles. The van der Waals surface area contributed by atoms with Crippen LogP contribution in [0.5, 0.6) is 0 Å². The van der Waals surface area contributed by atoms with Gasteiger partial charge in [0.1, 0.15) is 5.56 Å². The Balaban J connectivity index is 2.26. The zero-order valence-electron chi connectivity index (χ0n) is 12.1. The molecule has 0 bridgehead atoms. The van der Waals surface area contributed by atoms with Crippen LogP contribution in [0.1, 0.15) is 15.9 Å². The highest BCUT2D eigenvalue weighted by molar-refractivity contribution is 6.30. The first kappa shape index (κ1) is 16.1. The zero-order chi connectivity index (χ0) is 17.4. The number of carboxylic acids is 1. The lowest BCUT2D eigenvalue weighted by atomic mass is 10.1. The topological polar surface area (TPSA) is 59.3 Å².